The lowest BCUT2D eigenvalue weighted by Crippen LogP contribution is -2.60. The molecule has 1 N–H and O–H groups in total. The van der Waals surface area contributed by atoms with E-state index in [2.05, 4.69) is 39.5 Å². The molecular weight excluding hydrogens is 594 g/mol. The standard InChI is InChI=1S/C39H63NO7/c1-23-17-25(21-45-33(42)34(2,3)4)46-31-30(23)36(7)13-14-39-22-38(39)12-11-28(47-29-18-40(15-16-44-29)24-19-43-20-24)35(5,6)26(38)9-10-27(39)37(36,8)32(31)41/h23-32,41H,9-22H2,1-8H3/t23-,25?,26+,27?,28+,29+,30+,31?,32+,36-,37-,38-,39+/m1/s1. The number of aliphatic hydroxyl groups is 1. The van der Waals surface area contributed by atoms with Gasteiger partial charge in [-0.05, 0) is 117 Å². The lowest BCUT2D eigenvalue weighted by molar-refractivity contribution is -0.256. The first-order valence-corrected chi connectivity index (χ1v) is 19.2. The summed E-state index contributed by atoms with van der Waals surface area (Å²) in [5.41, 5.74) is 0.0559. The number of ether oxygens (including phenoxy) is 5. The molecular formula is C39H63NO7. The van der Waals surface area contributed by atoms with Crippen molar-refractivity contribution in [1.29, 1.82) is 0 Å². The summed E-state index contributed by atoms with van der Waals surface area (Å²) in [7, 11) is 0. The Morgan fingerprint density at radius 1 is 1.00 bits per heavy atom. The van der Waals surface area contributed by atoms with E-state index in [9.17, 15) is 9.90 Å². The summed E-state index contributed by atoms with van der Waals surface area (Å²) in [5, 5.41) is 12.5. The van der Waals surface area contributed by atoms with Gasteiger partial charge in [-0.1, -0.05) is 34.6 Å². The van der Waals surface area contributed by atoms with Gasteiger partial charge in [-0.2, -0.15) is 0 Å². The minimum absolute atomic E-state index is 0.0294. The highest BCUT2D eigenvalue weighted by Gasteiger charge is 2.84. The van der Waals surface area contributed by atoms with Crippen molar-refractivity contribution < 1.29 is 33.6 Å². The van der Waals surface area contributed by atoms with Gasteiger partial charge in [0.1, 0.15) is 6.61 Å². The van der Waals surface area contributed by atoms with E-state index in [0.717, 1.165) is 45.8 Å². The van der Waals surface area contributed by atoms with Gasteiger partial charge < -0.3 is 28.8 Å². The molecule has 5 saturated carbocycles. The average molecular weight is 658 g/mol. The number of carbonyl (C=O) groups excluding carboxylic acids is 1. The van der Waals surface area contributed by atoms with E-state index in [1.807, 2.05) is 20.8 Å². The number of aliphatic hydroxyl groups excluding tert-OH is 1. The average Bonchev–Trinajstić information content (AvgIpc) is 3.61. The third-order valence-corrected chi connectivity index (χ3v) is 16.3. The van der Waals surface area contributed by atoms with Crippen molar-refractivity contribution >= 4 is 5.97 Å². The van der Waals surface area contributed by atoms with Crippen LogP contribution < -0.4 is 0 Å². The van der Waals surface area contributed by atoms with Gasteiger partial charge in [-0.25, -0.2) is 0 Å². The molecule has 0 aromatic heterocycles. The van der Waals surface area contributed by atoms with Crippen molar-refractivity contribution in [3.05, 3.63) is 0 Å². The second-order valence-electron chi connectivity index (χ2n) is 19.6. The van der Waals surface area contributed by atoms with Crippen LogP contribution in [0.25, 0.3) is 0 Å². The largest absolute Gasteiger partial charge is 0.463 e. The Kier molecular flexibility index (Phi) is 7.72. The Morgan fingerprint density at radius 3 is 2.43 bits per heavy atom. The number of esters is 1. The van der Waals surface area contributed by atoms with Crippen LogP contribution in [0.4, 0.5) is 0 Å². The summed E-state index contributed by atoms with van der Waals surface area (Å²) in [6, 6.07) is 0.521. The molecule has 266 valence electrons. The highest BCUT2D eigenvalue weighted by molar-refractivity contribution is 5.75. The van der Waals surface area contributed by atoms with E-state index in [4.69, 9.17) is 23.7 Å². The molecule has 8 rings (SSSR count). The maximum Gasteiger partial charge on any atom is 0.311 e. The zero-order chi connectivity index (χ0) is 33.4. The number of fused-ring (bicyclic) bond motifs is 4. The predicted octanol–water partition coefficient (Wildman–Crippen LogP) is 5.83. The van der Waals surface area contributed by atoms with Gasteiger partial charge in [0, 0.05) is 12.0 Å². The zero-order valence-electron chi connectivity index (χ0n) is 30.5. The van der Waals surface area contributed by atoms with Crippen molar-refractivity contribution in [2.75, 3.05) is 39.5 Å². The Labute approximate surface area is 283 Å². The molecule has 8 aliphatic rings. The fourth-order valence-electron chi connectivity index (χ4n) is 13.8. The summed E-state index contributed by atoms with van der Waals surface area (Å²) in [4.78, 5) is 15.1. The van der Waals surface area contributed by atoms with E-state index in [0.29, 0.717) is 40.5 Å². The molecule has 5 aliphatic carbocycles. The molecule has 3 saturated heterocycles. The van der Waals surface area contributed by atoms with Crippen LogP contribution in [0.3, 0.4) is 0 Å². The highest BCUT2D eigenvalue weighted by Crippen LogP contribution is 2.89. The monoisotopic (exact) mass is 657 g/mol. The summed E-state index contributed by atoms with van der Waals surface area (Å²) in [6.07, 6.45) is 8.57. The van der Waals surface area contributed by atoms with Gasteiger partial charge in [0.05, 0.1) is 62.2 Å². The molecule has 8 heteroatoms. The molecule has 13 atom stereocenters. The van der Waals surface area contributed by atoms with Crippen LogP contribution in [0.2, 0.25) is 0 Å². The first-order chi connectivity index (χ1) is 22.1. The normalized spacial score (nSPS) is 52.2. The minimum atomic E-state index is -0.533. The summed E-state index contributed by atoms with van der Waals surface area (Å²) >= 11 is 0. The van der Waals surface area contributed by atoms with Gasteiger partial charge in [0.2, 0.25) is 0 Å². The molecule has 3 aliphatic heterocycles. The van der Waals surface area contributed by atoms with Crippen LogP contribution in [0.5, 0.6) is 0 Å². The van der Waals surface area contributed by atoms with E-state index in [-0.39, 0.29) is 53.4 Å². The number of morpholine rings is 1. The van der Waals surface area contributed by atoms with Gasteiger partial charge in [0.15, 0.2) is 6.29 Å². The summed E-state index contributed by atoms with van der Waals surface area (Å²) < 4.78 is 31.1. The van der Waals surface area contributed by atoms with Crippen LogP contribution in [0.15, 0.2) is 0 Å². The Morgan fingerprint density at radius 2 is 1.72 bits per heavy atom. The second-order valence-corrected chi connectivity index (χ2v) is 19.6. The molecule has 0 aromatic rings. The fraction of sp³-hybridized carbons (Fsp3) is 0.974. The Balaban J connectivity index is 0.995. The lowest BCUT2D eigenvalue weighted by Gasteiger charge is -2.64. The summed E-state index contributed by atoms with van der Waals surface area (Å²) in [6.45, 7) is 22.5. The van der Waals surface area contributed by atoms with Crippen molar-refractivity contribution in [3.63, 3.8) is 0 Å². The number of hydrogen-bond acceptors (Lipinski definition) is 8. The lowest BCUT2D eigenvalue weighted by atomic mass is 9.41. The van der Waals surface area contributed by atoms with Gasteiger partial charge in [-0.3, -0.25) is 9.69 Å². The molecule has 3 heterocycles. The molecule has 0 amide bonds. The molecule has 47 heavy (non-hydrogen) atoms. The molecule has 8 nitrogen and oxygen atoms in total. The molecule has 8 fully saturated rings. The number of rotatable bonds is 5. The fourth-order valence-corrected chi connectivity index (χ4v) is 13.8. The molecule has 3 unspecified atom stereocenters. The predicted molar refractivity (Wildman–Crippen MR) is 177 cm³/mol. The third-order valence-electron chi connectivity index (χ3n) is 16.3. The van der Waals surface area contributed by atoms with Crippen LogP contribution >= 0.6 is 0 Å². The zero-order valence-corrected chi connectivity index (χ0v) is 30.5. The first-order valence-electron chi connectivity index (χ1n) is 19.2. The molecule has 2 spiro atoms. The van der Waals surface area contributed by atoms with Crippen LogP contribution in [-0.4, -0.2) is 92.2 Å². The molecule has 0 aromatic carbocycles. The molecule has 0 radical (unpaired) electrons. The maximum atomic E-state index is 12.6. The van der Waals surface area contributed by atoms with Gasteiger partial charge in [0.25, 0.3) is 0 Å². The Bertz CT molecular complexity index is 1250. The number of nitrogens with zero attached hydrogens (tertiary/aromatic N) is 1. The molecule has 0 bridgehead atoms. The van der Waals surface area contributed by atoms with E-state index in [1.54, 1.807) is 0 Å². The smallest absolute Gasteiger partial charge is 0.311 e. The number of carbonyl (C=O) groups is 1. The number of hydrogen-bond donors (Lipinski definition) is 1. The SMILES string of the molecule is C[C@@H]1CC(COC(=O)C(C)(C)C)OC2[C@H]1[C@@]1(C)CC[C@@]34C[C@@]35CC[C@H](O[C@H]3CN(C6COC6)CCO3)C(C)(C)[C@@H]5CCC4[C@]1(C)[C@H]2O. The van der Waals surface area contributed by atoms with Crippen LogP contribution in [0.1, 0.15) is 107 Å². The maximum absolute atomic E-state index is 12.6. The van der Waals surface area contributed by atoms with Crippen LogP contribution in [-0.2, 0) is 28.5 Å². The van der Waals surface area contributed by atoms with E-state index >= 15 is 0 Å². The van der Waals surface area contributed by atoms with E-state index < -0.39 is 11.5 Å². The first kappa shape index (κ1) is 33.4. The van der Waals surface area contributed by atoms with Crippen molar-refractivity contribution in [2.24, 2.45) is 56.2 Å². The van der Waals surface area contributed by atoms with Crippen molar-refractivity contribution in [3.8, 4) is 0 Å². The highest BCUT2D eigenvalue weighted by atomic mass is 16.7. The van der Waals surface area contributed by atoms with Gasteiger partial charge >= 0.3 is 5.97 Å². The van der Waals surface area contributed by atoms with Gasteiger partial charge in [-0.15, -0.1) is 0 Å². The minimum Gasteiger partial charge on any atom is -0.463 e. The third kappa shape index (κ3) is 4.55. The Hall–Kier alpha value is -0.770. The topological polar surface area (TPSA) is 86.7 Å². The van der Waals surface area contributed by atoms with Crippen LogP contribution in [0, 0.1) is 56.2 Å². The summed E-state index contributed by atoms with van der Waals surface area (Å²) in [5.74, 6) is 1.69. The quantitative estimate of drug-likeness (QED) is 0.370. The van der Waals surface area contributed by atoms with Crippen molar-refractivity contribution in [1.82, 2.24) is 4.90 Å². The van der Waals surface area contributed by atoms with Crippen molar-refractivity contribution in [2.45, 2.75) is 144 Å². The van der Waals surface area contributed by atoms with E-state index in [1.165, 1.54) is 38.5 Å². The second kappa shape index (κ2) is 10.9.